The van der Waals surface area contributed by atoms with Crippen LogP contribution in [0, 0.1) is 0 Å². The van der Waals surface area contributed by atoms with Gasteiger partial charge in [0.2, 0.25) is 5.91 Å². The minimum absolute atomic E-state index is 0.00635. The van der Waals surface area contributed by atoms with Gasteiger partial charge in [0.05, 0.1) is 5.69 Å². The predicted molar refractivity (Wildman–Crippen MR) is 76.4 cm³/mol. The fourth-order valence-electron chi connectivity index (χ4n) is 2.43. The normalized spacial score (nSPS) is 15.5. The number of rotatable bonds is 5. The van der Waals surface area contributed by atoms with Crippen molar-refractivity contribution in [2.45, 2.75) is 52.2 Å². The number of carbonyl (C=O) groups is 1. The maximum Gasteiger partial charge on any atom is 0.267 e. The first-order chi connectivity index (χ1) is 9.60. The quantitative estimate of drug-likeness (QED) is 0.806. The molecule has 0 aromatic carbocycles. The molecule has 20 heavy (non-hydrogen) atoms. The van der Waals surface area contributed by atoms with Crippen LogP contribution < -0.4 is 16.2 Å². The van der Waals surface area contributed by atoms with Crippen LogP contribution in [0.2, 0.25) is 0 Å². The van der Waals surface area contributed by atoms with Crippen LogP contribution in [0.1, 0.15) is 37.9 Å². The Morgan fingerprint density at radius 3 is 3.15 bits per heavy atom. The monoisotopic (exact) mass is 278 g/mol. The number of aromatic nitrogens is 2. The Morgan fingerprint density at radius 2 is 2.40 bits per heavy atom. The number of hydrogen-bond acceptors (Lipinski definition) is 4. The van der Waals surface area contributed by atoms with Gasteiger partial charge in [-0.3, -0.25) is 9.59 Å². The minimum atomic E-state index is -0.217. The number of nitrogens with one attached hydrogen (secondary N) is 2. The van der Waals surface area contributed by atoms with Crippen LogP contribution in [0.25, 0.3) is 0 Å². The molecule has 1 aromatic heterocycles. The Hall–Kier alpha value is -1.69. The SMILES string of the molecule is CCCC(C)NC(=O)Cn1nc2c(cc1=O)CNCC2. The predicted octanol–water partition coefficient (Wildman–Crippen LogP) is 0.194. The first-order valence-electron chi connectivity index (χ1n) is 7.20. The van der Waals surface area contributed by atoms with E-state index in [1.165, 1.54) is 4.68 Å². The van der Waals surface area contributed by atoms with Crippen molar-refractivity contribution in [1.82, 2.24) is 20.4 Å². The van der Waals surface area contributed by atoms with Gasteiger partial charge in [0, 0.05) is 31.6 Å². The Morgan fingerprint density at radius 1 is 1.60 bits per heavy atom. The van der Waals surface area contributed by atoms with E-state index in [-0.39, 0.29) is 24.1 Å². The smallest absolute Gasteiger partial charge is 0.267 e. The average Bonchev–Trinajstić information content (AvgIpc) is 2.39. The molecule has 0 radical (unpaired) electrons. The molecule has 110 valence electrons. The second-order valence-electron chi connectivity index (χ2n) is 5.30. The third kappa shape index (κ3) is 3.66. The van der Waals surface area contributed by atoms with Gasteiger partial charge >= 0.3 is 0 Å². The van der Waals surface area contributed by atoms with Crippen LogP contribution in [-0.2, 0) is 24.3 Å². The first-order valence-corrected chi connectivity index (χ1v) is 7.20. The zero-order valence-electron chi connectivity index (χ0n) is 12.1. The molecule has 2 rings (SSSR count). The molecule has 0 saturated heterocycles. The second kappa shape index (κ2) is 6.65. The highest BCUT2D eigenvalue weighted by atomic mass is 16.2. The maximum absolute atomic E-state index is 11.9. The summed E-state index contributed by atoms with van der Waals surface area (Å²) in [7, 11) is 0. The third-order valence-electron chi connectivity index (χ3n) is 3.44. The minimum Gasteiger partial charge on any atom is -0.352 e. The lowest BCUT2D eigenvalue weighted by atomic mass is 10.1. The van der Waals surface area contributed by atoms with E-state index in [0.29, 0.717) is 6.54 Å². The molecule has 0 bridgehead atoms. The Labute approximate surface area is 118 Å². The molecule has 1 unspecified atom stereocenters. The number of hydrogen-bond donors (Lipinski definition) is 2. The van der Waals surface area contributed by atoms with Gasteiger partial charge in [-0.05, 0) is 18.9 Å². The molecule has 1 amide bonds. The highest BCUT2D eigenvalue weighted by Gasteiger charge is 2.14. The first kappa shape index (κ1) is 14.7. The van der Waals surface area contributed by atoms with Crippen LogP contribution in [0.3, 0.4) is 0 Å². The average molecular weight is 278 g/mol. The summed E-state index contributed by atoms with van der Waals surface area (Å²) in [5, 5.41) is 10.4. The molecule has 0 saturated carbocycles. The second-order valence-corrected chi connectivity index (χ2v) is 5.30. The number of nitrogens with zero attached hydrogens (tertiary/aromatic N) is 2. The van der Waals surface area contributed by atoms with Crippen molar-refractivity contribution in [1.29, 1.82) is 0 Å². The summed E-state index contributed by atoms with van der Waals surface area (Å²) in [5.74, 6) is -0.158. The summed E-state index contributed by atoms with van der Waals surface area (Å²) >= 11 is 0. The topological polar surface area (TPSA) is 76.0 Å². The lowest BCUT2D eigenvalue weighted by Gasteiger charge is -2.17. The summed E-state index contributed by atoms with van der Waals surface area (Å²) in [6, 6.07) is 1.71. The van der Waals surface area contributed by atoms with Crippen LogP contribution in [0.15, 0.2) is 10.9 Å². The van der Waals surface area contributed by atoms with E-state index in [9.17, 15) is 9.59 Å². The molecular weight excluding hydrogens is 256 g/mol. The van der Waals surface area contributed by atoms with Crippen LogP contribution in [0.4, 0.5) is 0 Å². The van der Waals surface area contributed by atoms with Gasteiger partial charge in [-0.25, -0.2) is 4.68 Å². The molecule has 1 atom stereocenters. The van der Waals surface area contributed by atoms with Crippen molar-refractivity contribution in [3.8, 4) is 0 Å². The van der Waals surface area contributed by atoms with Crippen molar-refractivity contribution in [3.05, 3.63) is 27.7 Å². The molecule has 1 aliphatic heterocycles. The fourth-order valence-corrected chi connectivity index (χ4v) is 2.43. The summed E-state index contributed by atoms with van der Waals surface area (Å²) in [4.78, 5) is 23.8. The van der Waals surface area contributed by atoms with E-state index < -0.39 is 0 Å². The maximum atomic E-state index is 11.9. The zero-order valence-corrected chi connectivity index (χ0v) is 12.1. The zero-order chi connectivity index (χ0) is 14.5. The van der Waals surface area contributed by atoms with Gasteiger partial charge < -0.3 is 10.6 Å². The van der Waals surface area contributed by atoms with Crippen molar-refractivity contribution in [2.75, 3.05) is 6.54 Å². The van der Waals surface area contributed by atoms with Gasteiger partial charge in [0.1, 0.15) is 6.54 Å². The van der Waals surface area contributed by atoms with E-state index in [1.807, 2.05) is 6.92 Å². The molecule has 0 fully saturated rings. The Kier molecular flexibility index (Phi) is 4.89. The van der Waals surface area contributed by atoms with Crippen molar-refractivity contribution in [2.24, 2.45) is 0 Å². The van der Waals surface area contributed by atoms with Crippen molar-refractivity contribution >= 4 is 5.91 Å². The van der Waals surface area contributed by atoms with Crippen LogP contribution in [0.5, 0.6) is 0 Å². The third-order valence-corrected chi connectivity index (χ3v) is 3.44. The van der Waals surface area contributed by atoms with Gasteiger partial charge in [-0.15, -0.1) is 0 Å². The number of amides is 1. The summed E-state index contributed by atoms with van der Waals surface area (Å²) in [6.45, 7) is 5.58. The summed E-state index contributed by atoms with van der Waals surface area (Å²) < 4.78 is 1.26. The largest absolute Gasteiger partial charge is 0.352 e. The molecule has 2 N–H and O–H groups in total. The van der Waals surface area contributed by atoms with Crippen LogP contribution >= 0.6 is 0 Å². The lowest BCUT2D eigenvalue weighted by molar-refractivity contribution is -0.122. The molecular formula is C14H22N4O2. The highest BCUT2D eigenvalue weighted by molar-refractivity contribution is 5.75. The van der Waals surface area contributed by atoms with E-state index in [1.54, 1.807) is 6.07 Å². The van der Waals surface area contributed by atoms with E-state index in [0.717, 1.165) is 37.1 Å². The van der Waals surface area contributed by atoms with Crippen molar-refractivity contribution in [3.63, 3.8) is 0 Å². The molecule has 0 aliphatic carbocycles. The van der Waals surface area contributed by atoms with Gasteiger partial charge in [-0.2, -0.15) is 5.10 Å². The summed E-state index contributed by atoms with van der Waals surface area (Å²) in [5.41, 5.74) is 1.64. The van der Waals surface area contributed by atoms with E-state index in [4.69, 9.17) is 0 Å². The van der Waals surface area contributed by atoms with Crippen molar-refractivity contribution < 1.29 is 4.79 Å². The highest BCUT2D eigenvalue weighted by Crippen LogP contribution is 2.07. The number of carbonyl (C=O) groups excluding carboxylic acids is 1. The molecule has 6 heteroatoms. The summed E-state index contributed by atoms with van der Waals surface area (Å²) in [6.07, 6.45) is 2.75. The van der Waals surface area contributed by atoms with Crippen LogP contribution in [-0.4, -0.2) is 28.3 Å². The van der Waals surface area contributed by atoms with Gasteiger partial charge in [0.25, 0.3) is 5.56 Å². The molecule has 6 nitrogen and oxygen atoms in total. The molecule has 1 aliphatic rings. The number of fused-ring (bicyclic) bond motifs is 1. The van der Waals surface area contributed by atoms with E-state index >= 15 is 0 Å². The lowest BCUT2D eigenvalue weighted by Crippen LogP contribution is -2.39. The molecule has 1 aromatic rings. The van der Waals surface area contributed by atoms with Gasteiger partial charge in [-0.1, -0.05) is 13.3 Å². The Bertz CT molecular complexity index is 538. The Balaban J connectivity index is 2.06. The molecule has 0 spiro atoms. The standard InChI is InChI=1S/C14H22N4O2/c1-3-4-10(2)16-13(19)9-18-14(20)7-11-8-15-6-5-12(11)17-18/h7,10,15H,3-6,8-9H2,1-2H3,(H,16,19). The molecule has 2 heterocycles. The van der Waals surface area contributed by atoms with Gasteiger partial charge in [0.15, 0.2) is 0 Å². The fraction of sp³-hybridized carbons (Fsp3) is 0.643. The van der Waals surface area contributed by atoms with E-state index in [2.05, 4.69) is 22.7 Å².